The highest BCUT2D eigenvalue weighted by Crippen LogP contribution is 2.19. The van der Waals surface area contributed by atoms with Gasteiger partial charge < -0.3 is 10.1 Å². The third kappa shape index (κ3) is 4.24. The molecule has 4 nitrogen and oxygen atoms in total. The van der Waals surface area contributed by atoms with Crippen LogP contribution in [0.2, 0.25) is 0 Å². The molecule has 1 aliphatic rings. The minimum Gasteiger partial charge on any atom is -0.377 e. The zero-order valence-electron chi connectivity index (χ0n) is 12.2. The van der Waals surface area contributed by atoms with E-state index in [9.17, 15) is 5.26 Å². The van der Waals surface area contributed by atoms with Crippen molar-refractivity contribution in [1.29, 1.82) is 5.26 Å². The van der Waals surface area contributed by atoms with Crippen LogP contribution in [-0.4, -0.2) is 49.3 Å². The van der Waals surface area contributed by atoms with Crippen molar-refractivity contribution in [2.24, 2.45) is 0 Å². The SMILES string of the molecule is CCN(CC1CCCO1)C(C)CC(C)(C#N)NC. The number of nitrogens with zero attached hydrogens (tertiary/aromatic N) is 2. The van der Waals surface area contributed by atoms with Crippen LogP contribution in [0.4, 0.5) is 0 Å². The molecule has 104 valence electrons. The van der Waals surface area contributed by atoms with Gasteiger partial charge in [0.05, 0.1) is 12.2 Å². The molecule has 0 radical (unpaired) electrons. The van der Waals surface area contributed by atoms with Crippen LogP contribution in [0.1, 0.15) is 40.0 Å². The molecule has 3 unspecified atom stereocenters. The third-order valence-corrected chi connectivity index (χ3v) is 3.99. The maximum absolute atomic E-state index is 9.22. The lowest BCUT2D eigenvalue weighted by Gasteiger charge is -2.34. The molecule has 0 amide bonds. The lowest BCUT2D eigenvalue weighted by Crippen LogP contribution is -2.47. The fraction of sp³-hybridized carbons (Fsp3) is 0.929. The highest BCUT2D eigenvalue weighted by molar-refractivity contribution is 5.04. The van der Waals surface area contributed by atoms with E-state index in [0.29, 0.717) is 12.1 Å². The number of hydrogen-bond donors (Lipinski definition) is 1. The molecule has 3 atom stereocenters. The second-order valence-corrected chi connectivity index (χ2v) is 5.47. The van der Waals surface area contributed by atoms with E-state index in [1.807, 2.05) is 14.0 Å². The van der Waals surface area contributed by atoms with E-state index in [-0.39, 0.29) is 0 Å². The molecule has 1 heterocycles. The lowest BCUT2D eigenvalue weighted by molar-refractivity contribution is 0.0573. The maximum Gasteiger partial charge on any atom is 0.105 e. The van der Waals surface area contributed by atoms with Crippen molar-refractivity contribution >= 4 is 0 Å². The first-order valence-electron chi connectivity index (χ1n) is 7.00. The topological polar surface area (TPSA) is 48.3 Å². The molecule has 1 N–H and O–H groups in total. The Bertz CT molecular complexity index is 283. The largest absolute Gasteiger partial charge is 0.377 e. The van der Waals surface area contributed by atoms with Crippen molar-refractivity contribution in [3.05, 3.63) is 0 Å². The van der Waals surface area contributed by atoms with E-state index < -0.39 is 5.54 Å². The Hall–Kier alpha value is -0.630. The predicted octanol–water partition coefficient (Wildman–Crippen LogP) is 1.77. The van der Waals surface area contributed by atoms with Gasteiger partial charge in [-0.15, -0.1) is 0 Å². The Morgan fingerprint density at radius 1 is 1.61 bits per heavy atom. The lowest BCUT2D eigenvalue weighted by atomic mass is 9.94. The standard InChI is InChI=1S/C14H27N3O/c1-5-17(10-13-7-6-8-18-13)12(2)9-14(3,11-15)16-4/h12-13,16H,5-10H2,1-4H3. The third-order valence-electron chi connectivity index (χ3n) is 3.99. The number of rotatable bonds is 7. The van der Waals surface area contributed by atoms with Crippen molar-refractivity contribution in [1.82, 2.24) is 10.2 Å². The molecular weight excluding hydrogens is 226 g/mol. The van der Waals surface area contributed by atoms with E-state index in [2.05, 4.69) is 30.1 Å². The molecule has 0 aromatic heterocycles. The molecule has 1 rings (SSSR count). The fourth-order valence-corrected chi connectivity index (χ4v) is 2.59. The number of ether oxygens (including phenoxy) is 1. The van der Waals surface area contributed by atoms with Crippen LogP contribution in [0.25, 0.3) is 0 Å². The van der Waals surface area contributed by atoms with Crippen LogP contribution in [-0.2, 0) is 4.74 Å². The van der Waals surface area contributed by atoms with E-state index >= 15 is 0 Å². The van der Waals surface area contributed by atoms with Crippen LogP contribution in [0.15, 0.2) is 0 Å². The molecule has 18 heavy (non-hydrogen) atoms. The van der Waals surface area contributed by atoms with Gasteiger partial charge in [-0.3, -0.25) is 4.90 Å². The average molecular weight is 253 g/mol. The Kier molecular flexibility index (Phi) is 6.07. The van der Waals surface area contributed by atoms with Gasteiger partial charge in [-0.2, -0.15) is 5.26 Å². The van der Waals surface area contributed by atoms with Crippen LogP contribution in [0.3, 0.4) is 0 Å². The van der Waals surface area contributed by atoms with Gasteiger partial charge in [0.25, 0.3) is 0 Å². The molecule has 0 aromatic rings. The van der Waals surface area contributed by atoms with Crippen LogP contribution in [0.5, 0.6) is 0 Å². The first-order chi connectivity index (χ1) is 8.54. The van der Waals surface area contributed by atoms with Gasteiger partial charge in [0.15, 0.2) is 0 Å². The van der Waals surface area contributed by atoms with Gasteiger partial charge in [0, 0.05) is 19.2 Å². The number of hydrogen-bond acceptors (Lipinski definition) is 4. The van der Waals surface area contributed by atoms with Crippen molar-refractivity contribution in [2.45, 2.75) is 57.7 Å². The van der Waals surface area contributed by atoms with Gasteiger partial charge in [0.1, 0.15) is 5.54 Å². The highest BCUT2D eigenvalue weighted by Gasteiger charge is 2.28. The summed E-state index contributed by atoms with van der Waals surface area (Å²) >= 11 is 0. The molecule has 1 aliphatic heterocycles. The molecular formula is C14H27N3O. The van der Waals surface area contributed by atoms with Gasteiger partial charge in [-0.25, -0.2) is 0 Å². The molecule has 0 aromatic carbocycles. The fourth-order valence-electron chi connectivity index (χ4n) is 2.59. The Balaban J connectivity index is 2.50. The van der Waals surface area contributed by atoms with Gasteiger partial charge in [-0.1, -0.05) is 6.92 Å². The molecule has 1 saturated heterocycles. The van der Waals surface area contributed by atoms with Crippen molar-refractivity contribution in [3.8, 4) is 6.07 Å². The number of likely N-dealkylation sites (N-methyl/N-ethyl adjacent to an activating group) is 1. The van der Waals surface area contributed by atoms with Crippen LogP contribution in [0, 0.1) is 11.3 Å². The Morgan fingerprint density at radius 3 is 2.78 bits per heavy atom. The summed E-state index contributed by atoms with van der Waals surface area (Å²) in [5, 5.41) is 12.3. The summed E-state index contributed by atoms with van der Waals surface area (Å²) in [5.41, 5.74) is -0.441. The minimum atomic E-state index is -0.441. The van der Waals surface area contributed by atoms with E-state index in [1.54, 1.807) is 0 Å². The second kappa shape index (κ2) is 7.08. The summed E-state index contributed by atoms with van der Waals surface area (Å²) in [6.45, 7) is 9.24. The van der Waals surface area contributed by atoms with Crippen LogP contribution < -0.4 is 5.32 Å². The molecule has 1 fully saturated rings. The molecule has 0 bridgehead atoms. The number of nitrogens with one attached hydrogen (secondary N) is 1. The summed E-state index contributed by atoms with van der Waals surface area (Å²) < 4.78 is 5.70. The van der Waals surface area contributed by atoms with Crippen molar-refractivity contribution in [3.63, 3.8) is 0 Å². The quantitative estimate of drug-likeness (QED) is 0.751. The van der Waals surface area contributed by atoms with Crippen LogP contribution >= 0.6 is 0 Å². The number of nitriles is 1. The highest BCUT2D eigenvalue weighted by atomic mass is 16.5. The van der Waals surface area contributed by atoms with E-state index in [0.717, 1.165) is 26.1 Å². The summed E-state index contributed by atoms with van der Waals surface area (Å²) in [4.78, 5) is 2.42. The molecule has 4 heteroatoms. The van der Waals surface area contributed by atoms with Crippen molar-refractivity contribution in [2.75, 3.05) is 26.7 Å². The zero-order valence-corrected chi connectivity index (χ0v) is 12.2. The summed E-state index contributed by atoms with van der Waals surface area (Å²) in [5.74, 6) is 0. The smallest absolute Gasteiger partial charge is 0.105 e. The van der Waals surface area contributed by atoms with Gasteiger partial charge >= 0.3 is 0 Å². The Morgan fingerprint density at radius 2 is 2.33 bits per heavy atom. The summed E-state index contributed by atoms with van der Waals surface area (Å²) in [7, 11) is 1.85. The molecule has 0 spiro atoms. The zero-order chi connectivity index (χ0) is 13.6. The second-order valence-electron chi connectivity index (χ2n) is 5.47. The van der Waals surface area contributed by atoms with E-state index in [4.69, 9.17) is 4.74 Å². The Labute approximate surface area is 111 Å². The predicted molar refractivity (Wildman–Crippen MR) is 73.4 cm³/mol. The first-order valence-corrected chi connectivity index (χ1v) is 7.00. The summed E-state index contributed by atoms with van der Waals surface area (Å²) in [6.07, 6.45) is 3.57. The average Bonchev–Trinajstić information content (AvgIpc) is 2.88. The first kappa shape index (κ1) is 15.4. The monoisotopic (exact) mass is 253 g/mol. The van der Waals surface area contributed by atoms with E-state index in [1.165, 1.54) is 12.8 Å². The van der Waals surface area contributed by atoms with Crippen molar-refractivity contribution < 1.29 is 4.74 Å². The van der Waals surface area contributed by atoms with Gasteiger partial charge in [0.2, 0.25) is 0 Å². The minimum absolute atomic E-state index is 0.385. The van der Waals surface area contributed by atoms with Gasteiger partial charge in [-0.05, 0) is 46.7 Å². The summed E-state index contributed by atoms with van der Waals surface area (Å²) in [6, 6.07) is 2.75. The molecule has 0 aliphatic carbocycles. The molecule has 0 saturated carbocycles. The maximum atomic E-state index is 9.22. The normalized spacial score (nSPS) is 24.8.